The van der Waals surface area contributed by atoms with Crippen molar-refractivity contribution in [1.82, 2.24) is 10.3 Å². The summed E-state index contributed by atoms with van der Waals surface area (Å²) in [4.78, 5) is 26.6. The van der Waals surface area contributed by atoms with Crippen LogP contribution in [0, 0.1) is 5.92 Å². The summed E-state index contributed by atoms with van der Waals surface area (Å²) in [5, 5.41) is 13.8. The first-order valence-electron chi connectivity index (χ1n) is 6.25. The molecule has 0 fully saturated rings. The van der Waals surface area contributed by atoms with Crippen molar-refractivity contribution >= 4 is 23.2 Å². The molecule has 0 atom stereocenters. The van der Waals surface area contributed by atoms with Gasteiger partial charge in [-0.1, -0.05) is 12.2 Å². The summed E-state index contributed by atoms with van der Waals surface area (Å²) >= 11 is 1.28. The molecule has 1 aromatic rings. The molecule has 0 saturated carbocycles. The van der Waals surface area contributed by atoms with E-state index in [1.165, 1.54) is 16.7 Å². The van der Waals surface area contributed by atoms with Gasteiger partial charge < -0.3 is 10.4 Å². The summed E-state index contributed by atoms with van der Waals surface area (Å²) in [5.41, 5.74) is 0.0486. The molecule has 6 heteroatoms. The number of aromatic nitrogens is 1. The second-order valence-corrected chi connectivity index (χ2v) is 5.16. The van der Waals surface area contributed by atoms with Crippen LogP contribution in [0.2, 0.25) is 0 Å². The Labute approximate surface area is 122 Å². The maximum atomic E-state index is 11.9. The van der Waals surface area contributed by atoms with Gasteiger partial charge in [-0.25, -0.2) is 9.78 Å². The smallest absolute Gasteiger partial charge is 0.355 e. The van der Waals surface area contributed by atoms with E-state index >= 15 is 0 Å². The zero-order valence-electron chi connectivity index (χ0n) is 11.2. The van der Waals surface area contributed by atoms with E-state index in [1.54, 1.807) is 12.2 Å². The van der Waals surface area contributed by atoms with Crippen LogP contribution >= 0.6 is 11.3 Å². The lowest BCUT2D eigenvalue weighted by atomic mass is 10.0. The minimum Gasteiger partial charge on any atom is -0.476 e. The lowest BCUT2D eigenvalue weighted by Gasteiger charge is -2.12. The van der Waals surface area contributed by atoms with Gasteiger partial charge in [0, 0.05) is 24.3 Å². The number of thiazole rings is 1. The largest absolute Gasteiger partial charge is 0.476 e. The van der Waals surface area contributed by atoms with Crippen LogP contribution in [-0.4, -0.2) is 28.5 Å². The Morgan fingerprint density at radius 3 is 2.55 bits per heavy atom. The standard InChI is InChI=1S/C14H18N2O3S/c1-3-5-10(6-4-2)13(17)15-8-7-12-16-11(9-20-12)14(18)19/h3-4,9-10H,1-2,5-8H2,(H,15,17)(H,18,19). The molecular weight excluding hydrogens is 276 g/mol. The van der Waals surface area contributed by atoms with Crippen LogP contribution in [0.4, 0.5) is 0 Å². The summed E-state index contributed by atoms with van der Waals surface area (Å²) in [6.07, 6.45) is 5.18. The van der Waals surface area contributed by atoms with Gasteiger partial charge in [0.1, 0.15) is 0 Å². The highest BCUT2D eigenvalue weighted by atomic mass is 32.1. The number of carboxylic acid groups (broad SMARTS) is 1. The Kier molecular flexibility index (Phi) is 6.66. The van der Waals surface area contributed by atoms with Gasteiger partial charge >= 0.3 is 5.97 Å². The third-order valence-corrected chi connectivity index (χ3v) is 3.59. The van der Waals surface area contributed by atoms with Crippen LogP contribution < -0.4 is 5.32 Å². The van der Waals surface area contributed by atoms with E-state index in [4.69, 9.17) is 5.11 Å². The van der Waals surface area contributed by atoms with Gasteiger partial charge in [0.25, 0.3) is 0 Å². The van der Waals surface area contributed by atoms with Crippen molar-refractivity contribution in [2.24, 2.45) is 5.92 Å². The van der Waals surface area contributed by atoms with Gasteiger partial charge in [0.2, 0.25) is 5.91 Å². The van der Waals surface area contributed by atoms with Crippen LogP contribution in [0.5, 0.6) is 0 Å². The first-order valence-corrected chi connectivity index (χ1v) is 7.13. The molecule has 5 nitrogen and oxygen atoms in total. The molecule has 0 aliphatic carbocycles. The maximum absolute atomic E-state index is 11.9. The van der Waals surface area contributed by atoms with Crippen LogP contribution in [0.3, 0.4) is 0 Å². The van der Waals surface area contributed by atoms with Crippen LogP contribution in [0.25, 0.3) is 0 Å². The van der Waals surface area contributed by atoms with Crippen LogP contribution in [-0.2, 0) is 11.2 Å². The molecular formula is C14H18N2O3S. The first kappa shape index (κ1) is 16.1. The fourth-order valence-corrected chi connectivity index (χ4v) is 2.45. The molecule has 1 heterocycles. The Bertz CT molecular complexity index is 486. The average Bonchev–Trinajstić information content (AvgIpc) is 2.87. The predicted octanol–water partition coefficient (Wildman–Crippen LogP) is 2.27. The van der Waals surface area contributed by atoms with Gasteiger partial charge in [-0.15, -0.1) is 24.5 Å². The second kappa shape index (κ2) is 8.27. The topological polar surface area (TPSA) is 79.3 Å². The minimum absolute atomic E-state index is 0.0418. The number of allylic oxidation sites excluding steroid dienone is 2. The van der Waals surface area contributed by atoms with Gasteiger partial charge in [0.05, 0.1) is 5.01 Å². The molecule has 0 spiro atoms. The lowest BCUT2D eigenvalue weighted by molar-refractivity contribution is -0.124. The van der Waals surface area contributed by atoms with Crippen molar-refractivity contribution in [1.29, 1.82) is 0 Å². The number of carboxylic acids is 1. The number of nitrogens with one attached hydrogen (secondary N) is 1. The first-order chi connectivity index (χ1) is 9.58. The van der Waals surface area contributed by atoms with E-state index in [0.29, 0.717) is 30.8 Å². The number of carbonyl (C=O) groups is 2. The molecule has 0 aliphatic rings. The second-order valence-electron chi connectivity index (χ2n) is 4.22. The summed E-state index contributed by atoms with van der Waals surface area (Å²) in [6.45, 7) is 7.71. The van der Waals surface area contributed by atoms with Gasteiger partial charge in [-0.2, -0.15) is 0 Å². The van der Waals surface area contributed by atoms with Crippen LogP contribution in [0.1, 0.15) is 28.3 Å². The monoisotopic (exact) mass is 294 g/mol. The fourth-order valence-electron chi connectivity index (χ4n) is 1.67. The molecule has 0 radical (unpaired) electrons. The highest BCUT2D eigenvalue weighted by molar-refractivity contribution is 7.09. The van der Waals surface area contributed by atoms with E-state index < -0.39 is 5.97 Å². The lowest BCUT2D eigenvalue weighted by Crippen LogP contribution is -2.31. The quantitative estimate of drug-likeness (QED) is 0.685. The Balaban J connectivity index is 2.41. The van der Waals surface area contributed by atoms with E-state index in [1.807, 2.05) is 0 Å². The number of aromatic carboxylic acids is 1. The predicted molar refractivity (Wildman–Crippen MR) is 78.9 cm³/mol. The number of amides is 1. The zero-order valence-corrected chi connectivity index (χ0v) is 12.0. The number of nitrogens with zero attached hydrogens (tertiary/aromatic N) is 1. The van der Waals surface area contributed by atoms with Crippen molar-refractivity contribution in [3.05, 3.63) is 41.4 Å². The minimum atomic E-state index is -1.03. The average molecular weight is 294 g/mol. The molecule has 1 rings (SSSR count). The van der Waals surface area contributed by atoms with E-state index in [0.717, 1.165) is 0 Å². The van der Waals surface area contributed by atoms with E-state index in [2.05, 4.69) is 23.5 Å². The molecule has 1 amide bonds. The molecule has 2 N–H and O–H groups in total. The van der Waals surface area contributed by atoms with Crippen molar-refractivity contribution in [2.75, 3.05) is 6.54 Å². The van der Waals surface area contributed by atoms with Crippen LogP contribution in [0.15, 0.2) is 30.7 Å². The normalized spacial score (nSPS) is 10.2. The van der Waals surface area contributed by atoms with Gasteiger partial charge in [0.15, 0.2) is 5.69 Å². The molecule has 0 bridgehead atoms. The molecule has 0 saturated heterocycles. The summed E-state index contributed by atoms with van der Waals surface area (Å²) in [7, 11) is 0. The number of rotatable bonds is 9. The molecule has 20 heavy (non-hydrogen) atoms. The number of hydrogen-bond acceptors (Lipinski definition) is 4. The Morgan fingerprint density at radius 1 is 1.40 bits per heavy atom. The van der Waals surface area contributed by atoms with E-state index in [9.17, 15) is 9.59 Å². The van der Waals surface area contributed by atoms with Crippen molar-refractivity contribution in [3.8, 4) is 0 Å². The van der Waals surface area contributed by atoms with E-state index in [-0.39, 0.29) is 17.5 Å². The molecule has 0 aromatic carbocycles. The van der Waals surface area contributed by atoms with Crippen molar-refractivity contribution in [2.45, 2.75) is 19.3 Å². The van der Waals surface area contributed by atoms with Gasteiger partial charge in [-0.3, -0.25) is 4.79 Å². The molecule has 1 aromatic heterocycles. The highest BCUT2D eigenvalue weighted by Crippen LogP contribution is 2.11. The third kappa shape index (κ3) is 4.97. The summed E-state index contributed by atoms with van der Waals surface area (Å²) < 4.78 is 0. The molecule has 0 aliphatic heterocycles. The number of carbonyl (C=O) groups excluding carboxylic acids is 1. The maximum Gasteiger partial charge on any atom is 0.355 e. The summed E-state index contributed by atoms with van der Waals surface area (Å²) in [6, 6.07) is 0. The Hall–Kier alpha value is -1.95. The Morgan fingerprint density at radius 2 is 2.05 bits per heavy atom. The molecule has 108 valence electrons. The van der Waals surface area contributed by atoms with Crippen molar-refractivity contribution in [3.63, 3.8) is 0 Å². The van der Waals surface area contributed by atoms with Crippen molar-refractivity contribution < 1.29 is 14.7 Å². The third-order valence-electron chi connectivity index (χ3n) is 2.68. The zero-order chi connectivity index (χ0) is 15.0. The fraction of sp³-hybridized carbons (Fsp3) is 0.357. The number of hydrogen-bond donors (Lipinski definition) is 2. The van der Waals surface area contributed by atoms with Gasteiger partial charge in [-0.05, 0) is 12.8 Å². The molecule has 0 unspecified atom stereocenters. The SMILES string of the molecule is C=CCC(CC=C)C(=O)NCCc1nc(C(=O)O)cs1. The highest BCUT2D eigenvalue weighted by Gasteiger charge is 2.15. The summed E-state index contributed by atoms with van der Waals surface area (Å²) in [5.74, 6) is -1.22.